The highest BCUT2D eigenvalue weighted by molar-refractivity contribution is 8.00. The van der Waals surface area contributed by atoms with Gasteiger partial charge in [0.05, 0.1) is 0 Å². The van der Waals surface area contributed by atoms with E-state index < -0.39 is 0 Å². The number of hydrogen-bond acceptors (Lipinski definition) is 8. The van der Waals surface area contributed by atoms with Gasteiger partial charge in [0.25, 0.3) is 5.13 Å². The van der Waals surface area contributed by atoms with E-state index in [2.05, 4.69) is 25.3 Å². The fourth-order valence-electron chi connectivity index (χ4n) is 2.19. The molecule has 0 aliphatic carbocycles. The highest BCUT2D eigenvalue weighted by Crippen LogP contribution is 2.34. The summed E-state index contributed by atoms with van der Waals surface area (Å²) < 4.78 is 0.845. The minimum Gasteiger partial charge on any atom is -0.506 e. The number of benzene rings is 1. The molecule has 110 valence electrons. The number of hydrogen-bond donors (Lipinski definition) is 1. The Hall–Kier alpha value is -1.67. The summed E-state index contributed by atoms with van der Waals surface area (Å²) in [7, 11) is 0. The number of nitrogens with zero attached hydrogens (tertiary/aromatic N) is 5. The summed E-state index contributed by atoms with van der Waals surface area (Å²) in [6.45, 7) is 2.09. The first-order chi connectivity index (χ1) is 10.3. The molecule has 0 bridgehead atoms. The number of phenolic OH excluding ortho intramolecular Hbond substituents is 1. The minimum absolute atomic E-state index is 0.137. The van der Waals surface area contributed by atoms with Crippen molar-refractivity contribution in [2.24, 2.45) is 10.2 Å². The molecular formula is C13H15N5OS2. The van der Waals surface area contributed by atoms with Crippen molar-refractivity contribution in [1.29, 1.82) is 0 Å². The van der Waals surface area contributed by atoms with Crippen LogP contribution in [0.4, 0.5) is 16.5 Å². The molecular weight excluding hydrogens is 306 g/mol. The summed E-state index contributed by atoms with van der Waals surface area (Å²) in [4.78, 5) is 2.26. The lowest BCUT2D eigenvalue weighted by Crippen LogP contribution is -2.17. The zero-order valence-electron chi connectivity index (χ0n) is 11.6. The van der Waals surface area contributed by atoms with E-state index in [1.165, 1.54) is 35.9 Å². The Bertz CT molecular complexity index is 652. The highest BCUT2D eigenvalue weighted by Gasteiger charge is 2.13. The van der Waals surface area contributed by atoms with E-state index >= 15 is 0 Å². The number of aromatic nitrogens is 2. The molecule has 2 aromatic rings. The molecule has 6 nitrogen and oxygen atoms in total. The standard InChI is InChI=1S/C13H15N5OS2/c1-20-13-17-16-12(21-13)15-14-10-5-4-9(8-11(10)19)18-6-2-3-7-18/h4-5,8,19H,2-3,6-7H2,1H3/b15-14+. The molecule has 2 heterocycles. The average Bonchev–Trinajstić information content (AvgIpc) is 3.17. The van der Waals surface area contributed by atoms with Crippen LogP contribution < -0.4 is 4.90 Å². The number of rotatable bonds is 4. The van der Waals surface area contributed by atoms with E-state index in [0.717, 1.165) is 23.1 Å². The Morgan fingerprint density at radius 2 is 2.05 bits per heavy atom. The predicted molar refractivity (Wildman–Crippen MR) is 85.4 cm³/mol. The topological polar surface area (TPSA) is 74.0 Å². The summed E-state index contributed by atoms with van der Waals surface area (Å²) in [6, 6.07) is 5.49. The third kappa shape index (κ3) is 3.33. The van der Waals surface area contributed by atoms with E-state index in [0.29, 0.717) is 10.8 Å². The molecule has 0 atom stereocenters. The van der Waals surface area contributed by atoms with Gasteiger partial charge in [0.1, 0.15) is 11.4 Å². The molecule has 1 N–H and O–H groups in total. The quantitative estimate of drug-likeness (QED) is 0.681. The van der Waals surface area contributed by atoms with Gasteiger partial charge in [0.15, 0.2) is 4.34 Å². The zero-order valence-corrected chi connectivity index (χ0v) is 13.2. The van der Waals surface area contributed by atoms with Crippen molar-refractivity contribution in [1.82, 2.24) is 10.2 Å². The SMILES string of the molecule is CSc1nnc(/N=N/c2ccc(N3CCCC3)cc2O)s1. The van der Waals surface area contributed by atoms with E-state index in [1.54, 1.807) is 12.1 Å². The maximum atomic E-state index is 10.1. The number of azo groups is 1. The van der Waals surface area contributed by atoms with Crippen LogP contribution in [-0.2, 0) is 0 Å². The van der Waals surface area contributed by atoms with Crippen LogP contribution in [0.1, 0.15) is 12.8 Å². The van der Waals surface area contributed by atoms with Gasteiger partial charge in [-0.05, 0) is 31.2 Å². The summed E-state index contributed by atoms with van der Waals surface area (Å²) in [5, 5.41) is 26.5. The summed E-state index contributed by atoms with van der Waals surface area (Å²) >= 11 is 2.89. The first kappa shape index (κ1) is 14.3. The molecule has 0 radical (unpaired) electrons. The highest BCUT2D eigenvalue weighted by atomic mass is 32.2. The Balaban J connectivity index is 1.76. The largest absolute Gasteiger partial charge is 0.506 e. The van der Waals surface area contributed by atoms with Crippen molar-refractivity contribution in [3.8, 4) is 5.75 Å². The molecule has 21 heavy (non-hydrogen) atoms. The second-order valence-electron chi connectivity index (χ2n) is 4.62. The maximum absolute atomic E-state index is 10.1. The fraction of sp³-hybridized carbons (Fsp3) is 0.385. The van der Waals surface area contributed by atoms with E-state index in [9.17, 15) is 5.11 Å². The second-order valence-corrected chi connectivity index (χ2v) is 6.63. The summed E-state index contributed by atoms with van der Waals surface area (Å²) in [5.74, 6) is 0.137. The van der Waals surface area contributed by atoms with Gasteiger partial charge >= 0.3 is 0 Å². The third-order valence-corrected chi connectivity index (χ3v) is 5.03. The molecule has 1 aromatic carbocycles. The number of thioether (sulfide) groups is 1. The molecule has 1 fully saturated rings. The first-order valence-electron chi connectivity index (χ1n) is 6.63. The van der Waals surface area contributed by atoms with Crippen molar-refractivity contribution < 1.29 is 5.11 Å². The van der Waals surface area contributed by atoms with Crippen molar-refractivity contribution in [2.45, 2.75) is 17.2 Å². The third-order valence-electron chi connectivity index (χ3n) is 3.24. The van der Waals surface area contributed by atoms with Gasteiger partial charge in [-0.2, -0.15) is 0 Å². The number of phenols is 1. The Morgan fingerprint density at radius 1 is 1.24 bits per heavy atom. The van der Waals surface area contributed by atoms with Gasteiger partial charge in [-0.1, -0.05) is 23.1 Å². The second kappa shape index (κ2) is 6.40. The van der Waals surface area contributed by atoms with Crippen LogP contribution >= 0.6 is 23.1 Å². The maximum Gasteiger partial charge on any atom is 0.252 e. The zero-order chi connectivity index (χ0) is 14.7. The van der Waals surface area contributed by atoms with Crippen molar-refractivity contribution in [3.05, 3.63) is 18.2 Å². The lowest BCUT2D eigenvalue weighted by atomic mass is 10.2. The van der Waals surface area contributed by atoms with Gasteiger partial charge in [-0.15, -0.1) is 20.4 Å². The van der Waals surface area contributed by atoms with Crippen LogP contribution in [0, 0.1) is 0 Å². The summed E-state index contributed by atoms with van der Waals surface area (Å²) in [5.41, 5.74) is 1.48. The molecule has 1 aliphatic rings. The van der Waals surface area contributed by atoms with Crippen molar-refractivity contribution in [3.63, 3.8) is 0 Å². The summed E-state index contributed by atoms with van der Waals surface area (Å²) in [6.07, 6.45) is 4.35. The Morgan fingerprint density at radius 3 is 2.71 bits per heavy atom. The van der Waals surface area contributed by atoms with Crippen LogP contribution in [0.3, 0.4) is 0 Å². The van der Waals surface area contributed by atoms with E-state index in [1.807, 2.05) is 12.3 Å². The molecule has 0 saturated carbocycles. The molecule has 1 aliphatic heterocycles. The predicted octanol–water partition coefficient (Wildman–Crippen LogP) is 3.98. The minimum atomic E-state index is 0.137. The fourth-order valence-corrected chi connectivity index (χ4v) is 3.27. The van der Waals surface area contributed by atoms with Crippen LogP contribution in [-0.4, -0.2) is 34.6 Å². The molecule has 1 saturated heterocycles. The molecule has 8 heteroatoms. The van der Waals surface area contributed by atoms with Crippen LogP contribution in [0.25, 0.3) is 0 Å². The monoisotopic (exact) mass is 321 g/mol. The Labute approximate surface area is 130 Å². The smallest absolute Gasteiger partial charge is 0.252 e. The number of anilines is 1. The molecule has 3 rings (SSSR count). The van der Waals surface area contributed by atoms with Gasteiger partial charge in [-0.3, -0.25) is 0 Å². The first-order valence-corrected chi connectivity index (χ1v) is 8.67. The Kier molecular flexibility index (Phi) is 4.35. The number of aromatic hydroxyl groups is 1. The van der Waals surface area contributed by atoms with Crippen LogP contribution in [0.5, 0.6) is 5.75 Å². The molecule has 0 amide bonds. The lowest BCUT2D eigenvalue weighted by Gasteiger charge is -2.17. The molecule has 0 unspecified atom stereocenters. The average molecular weight is 321 g/mol. The van der Waals surface area contributed by atoms with Crippen LogP contribution in [0.15, 0.2) is 32.8 Å². The molecule has 1 aromatic heterocycles. The van der Waals surface area contributed by atoms with E-state index in [4.69, 9.17) is 0 Å². The van der Waals surface area contributed by atoms with E-state index in [-0.39, 0.29) is 5.75 Å². The van der Waals surface area contributed by atoms with Gasteiger partial charge in [0.2, 0.25) is 0 Å². The van der Waals surface area contributed by atoms with Crippen LogP contribution in [0.2, 0.25) is 0 Å². The normalized spacial score (nSPS) is 15.2. The van der Waals surface area contributed by atoms with Crippen molar-refractivity contribution >= 4 is 39.6 Å². The lowest BCUT2D eigenvalue weighted by molar-refractivity contribution is 0.476. The van der Waals surface area contributed by atoms with Gasteiger partial charge in [-0.25, -0.2) is 0 Å². The molecule has 0 spiro atoms. The van der Waals surface area contributed by atoms with Gasteiger partial charge < -0.3 is 10.0 Å². The van der Waals surface area contributed by atoms with Crippen molar-refractivity contribution in [2.75, 3.05) is 24.2 Å². The van der Waals surface area contributed by atoms with Gasteiger partial charge in [0, 0.05) is 24.8 Å².